The van der Waals surface area contributed by atoms with Crippen LogP contribution in [0.3, 0.4) is 0 Å². The summed E-state index contributed by atoms with van der Waals surface area (Å²) >= 11 is 6.11. The summed E-state index contributed by atoms with van der Waals surface area (Å²) in [6.45, 7) is 2.72. The molecule has 2 aromatic rings. The van der Waals surface area contributed by atoms with Crippen molar-refractivity contribution in [3.05, 3.63) is 35.0 Å². The lowest BCUT2D eigenvalue weighted by atomic mass is 10.1. The van der Waals surface area contributed by atoms with Crippen LogP contribution >= 0.6 is 11.6 Å². The zero-order chi connectivity index (χ0) is 15.2. The molecule has 0 aliphatic carbocycles. The van der Waals surface area contributed by atoms with Crippen LogP contribution < -0.4 is 10.1 Å². The number of methoxy groups -OCH3 is 1. The van der Waals surface area contributed by atoms with E-state index in [-0.39, 0.29) is 0 Å². The van der Waals surface area contributed by atoms with E-state index in [0.29, 0.717) is 5.02 Å². The third-order valence-corrected chi connectivity index (χ3v) is 3.57. The van der Waals surface area contributed by atoms with E-state index >= 15 is 0 Å². The molecule has 0 saturated carbocycles. The molecule has 0 bridgehead atoms. The van der Waals surface area contributed by atoms with Gasteiger partial charge in [-0.25, -0.2) is 0 Å². The Morgan fingerprint density at radius 3 is 2.95 bits per heavy atom. The number of halogens is 1. The van der Waals surface area contributed by atoms with Gasteiger partial charge in [-0.15, -0.1) is 0 Å². The minimum Gasteiger partial charge on any atom is -0.496 e. The third-order valence-electron chi connectivity index (χ3n) is 3.33. The van der Waals surface area contributed by atoms with E-state index in [4.69, 9.17) is 16.3 Å². The van der Waals surface area contributed by atoms with E-state index in [1.54, 1.807) is 7.11 Å². The topological polar surface area (TPSA) is 53.2 Å². The largest absolute Gasteiger partial charge is 0.496 e. The van der Waals surface area contributed by atoms with Crippen molar-refractivity contribution in [1.29, 1.82) is 0 Å². The summed E-state index contributed by atoms with van der Waals surface area (Å²) in [5.74, 6) is 0.780. The molecule has 1 aromatic heterocycles. The Balaban J connectivity index is 2.26. The standard InChI is InChI=1S/C15H21ClN4O/c1-17-6-7-20(2)10-11-9-18-19-15(11)13-8-12(16)4-5-14(13)21-3/h4-5,8-9,17H,6-7,10H2,1-3H3,(H,18,19). The molecule has 1 heterocycles. The van der Waals surface area contributed by atoms with E-state index in [2.05, 4.69) is 27.5 Å². The second-order valence-corrected chi connectivity index (χ2v) is 5.39. The smallest absolute Gasteiger partial charge is 0.128 e. The first-order valence-corrected chi connectivity index (χ1v) is 7.22. The van der Waals surface area contributed by atoms with Crippen LogP contribution in [0.2, 0.25) is 5.02 Å². The maximum Gasteiger partial charge on any atom is 0.128 e. The summed E-state index contributed by atoms with van der Waals surface area (Å²) in [7, 11) is 5.69. The molecule has 1 aromatic carbocycles. The number of rotatable bonds is 7. The van der Waals surface area contributed by atoms with Crippen molar-refractivity contribution in [2.75, 3.05) is 34.3 Å². The summed E-state index contributed by atoms with van der Waals surface area (Å²) in [5, 5.41) is 11.0. The number of nitrogens with zero attached hydrogens (tertiary/aromatic N) is 2. The normalized spacial score (nSPS) is 11.1. The molecule has 5 nitrogen and oxygen atoms in total. The van der Waals surface area contributed by atoms with E-state index in [1.807, 2.05) is 31.4 Å². The van der Waals surface area contributed by atoms with Gasteiger partial charge in [-0.05, 0) is 32.3 Å². The Morgan fingerprint density at radius 2 is 2.24 bits per heavy atom. The third kappa shape index (κ3) is 3.97. The average Bonchev–Trinajstić information content (AvgIpc) is 2.93. The number of likely N-dealkylation sites (N-methyl/N-ethyl adjacent to an activating group) is 2. The maximum atomic E-state index is 6.11. The summed E-state index contributed by atoms with van der Waals surface area (Å²) in [6, 6.07) is 5.58. The molecule has 6 heteroatoms. The van der Waals surface area contributed by atoms with Crippen LogP contribution in [-0.4, -0.2) is 49.4 Å². The highest BCUT2D eigenvalue weighted by molar-refractivity contribution is 6.31. The number of hydrogen-bond donors (Lipinski definition) is 2. The minimum absolute atomic E-state index is 0.676. The number of aromatic amines is 1. The van der Waals surface area contributed by atoms with Gasteiger partial charge in [-0.3, -0.25) is 5.10 Å². The fourth-order valence-corrected chi connectivity index (χ4v) is 2.38. The van der Waals surface area contributed by atoms with Crippen molar-refractivity contribution in [2.24, 2.45) is 0 Å². The molecule has 0 spiro atoms. The van der Waals surface area contributed by atoms with Crippen LogP contribution in [0, 0.1) is 0 Å². The van der Waals surface area contributed by atoms with Gasteiger partial charge in [-0.1, -0.05) is 11.6 Å². The first kappa shape index (κ1) is 15.8. The van der Waals surface area contributed by atoms with Gasteiger partial charge in [0.25, 0.3) is 0 Å². The van der Waals surface area contributed by atoms with Crippen LogP contribution in [0.5, 0.6) is 5.75 Å². The van der Waals surface area contributed by atoms with Crippen molar-refractivity contribution in [1.82, 2.24) is 20.4 Å². The van der Waals surface area contributed by atoms with Gasteiger partial charge in [0, 0.05) is 35.8 Å². The predicted molar refractivity (Wildman–Crippen MR) is 85.8 cm³/mol. The first-order valence-electron chi connectivity index (χ1n) is 6.85. The summed E-state index contributed by atoms with van der Waals surface area (Å²) < 4.78 is 5.42. The quantitative estimate of drug-likeness (QED) is 0.824. The second-order valence-electron chi connectivity index (χ2n) is 4.96. The SMILES string of the molecule is CNCCN(C)Cc1cn[nH]c1-c1cc(Cl)ccc1OC. The molecule has 0 amide bonds. The highest BCUT2D eigenvalue weighted by atomic mass is 35.5. The van der Waals surface area contributed by atoms with Gasteiger partial charge in [0.1, 0.15) is 5.75 Å². The van der Waals surface area contributed by atoms with E-state index in [9.17, 15) is 0 Å². The first-order chi connectivity index (χ1) is 10.2. The Morgan fingerprint density at radius 1 is 1.43 bits per heavy atom. The molecule has 21 heavy (non-hydrogen) atoms. The number of H-pyrrole nitrogens is 1. The molecule has 0 atom stereocenters. The number of aromatic nitrogens is 2. The number of ether oxygens (including phenoxy) is 1. The van der Waals surface area contributed by atoms with E-state index < -0.39 is 0 Å². The van der Waals surface area contributed by atoms with Crippen LogP contribution in [-0.2, 0) is 6.54 Å². The minimum atomic E-state index is 0.676. The predicted octanol–water partition coefficient (Wildman–Crippen LogP) is 2.39. The lowest BCUT2D eigenvalue weighted by Gasteiger charge is -2.17. The lowest BCUT2D eigenvalue weighted by Crippen LogP contribution is -2.27. The van der Waals surface area contributed by atoms with Crippen molar-refractivity contribution in [2.45, 2.75) is 6.54 Å². The molecule has 114 valence electrons. The van der Waals surface area contributed by atoms with Gasteiger partial charge in [-0.2, -0.15) is 5.10 Å². The van der Waals surface area contributed by atoms with Gasteiger partial charge < -0.3 is 15.0 Å². The molecular weight excluding hydrogens is 288 g/mol. The summed E-state index contributed by atoms with van der Waals surface area (Å²) in [6.07, 6.45) is 1.85. The Labute approximate surface area is 130 Å². The molecule has 0 radical (unpaired) electrons. The molecule has 0 fully saturated rings. The van der Waals surface area contributed by atoms with Crippen LogP contribution in [0.4, 0.5) is 0 Å². The molecule has 2 rings (SSSR count). The molecule has 2 N–H and O–H groups in total. The Kier molecular flexibility index (Phi) is 5.61. The van der Waals surface area contributed by atoms with Crippen molar-refractivity contribution >= 4 is 11.6 Å². The molecule has 0 aliphatic rings. The van der Waals surface area contributed by atoms with E-state index in [0.717, 1.165) is 42.2 Å². The fourth-order valence-electron chi connectivity index (χ4n) is 2.21. The van der Waals surface area contributed by atoms with Gasteiger partial charge in [0.2, 0.25) is 0 Å². The zero-order valence-corrected chi connectivity index (χ0v) is 13.4. The maximum absolute atomic E-state index is 6.11. The van der Waals surface area contributed by atoms with Gasteiger partial charge in [0.15, 0.2) is 0 Å². The molecule has 0 unspecified atom stereocenters. The average molecular weight is 309 g/mol. The lowest BCUT2D eigenvalue weighted by molar-refractivity contribution is 0.328. The van der Waals surface area contributed by atoms with Crippen molar-refractivity contribution < 1.29 is 4.74 Å². The van der Waals surface area contributed by atoms with Crippen molar-refractivity contribution in [3.63, 3.8) is 0 Å². The highest BCUT2D eigenvalue weighted by Gasteiger charge is 2.14. The van der Waals surface area contributed by atoms with Gasteiger partial charge >= 0.3 is 0 Å². The Bertz CT molecular complexity index is 585. The van der Waals surface area contributed by atoms with Crippen molar-refractivity contribution in [3.8, 4) is 17.0 Å². The molecule has 0 saturated heterocycles. The summed E-state index contributed by atoms with van der Waals surface area (Å²) in [4.78, 5) is 2.24. The Hall–Kier alpha value is -1.56. The molecule has 0 aliphatic heterocycles. The fraction of sp³-hybridized carbons (Fsp3) is 0.400. The second kappa shape index (κ2) is 7.45. The summed E-state index contributed by atoms with van der Waals surface area (Å²) in [5.41, 5.74) is 3.00. The van der Waals surface area contributed by atoms with Crippen LogP contribution in [0.25, 0.3) is 11.3 Å². The number of benzene rings is 1. The highest BCUT2D eigenvalue weighted by Crippen LogP contribution is 2.33. The number of nitrogens with one attached hydrogen (secondary N) is 2. The number of hydrogen-bond acceptors (Lipinski definition) is 4. The van der Waals surface area contributed by atoms with Crippen LogP contribution in [0.1, 0.15) is 5.56 Å². The zero-order valence-electron chi connectivity index (χ0n) is 12.6. The van der Waals surface area contributed by atoms with Crippen LogP contribution in [0.15, 0.2) is 24.4 Å². The van der Waals surface area contributed by atoms with E-state index in [1.165, 1.54) is 0 Å². The molecular formula is C15H21ClN4O. The van der Waals surface area contributed by atoms with Gasteiger partial charge in [0.05, 0.1) is 19.0 Å². The monoisotopic (exact) mass is 308 g/mol.